The van der Waals surface area contributed by atoms with Crippen LogP contribution in [0.5, 0.6) is 5.75 Å². The molecule has 0 saturated heterocycles. The molecule has 16 heavy (non-hydrogen) atoms. The highest BCUT2D eigenvalue weighted by molar-refractivity contribution is 5.80. The lowest BCUT2D eigenvalue weighted by atomic mass is 10.1. The smallest absolute Gasteiger partial charge is 0.328 e. The van der Waals surface area contributed by atoms with Gasteiger partial charge in [-0.05, 0) is 38.0 Å². The van der Waals surface area contributed by atoms with E-state index in [2.05, 4.69) is 0 Å². The zero-order chi connectivity index (χ0) is 12.1. The Balaban J connectivity index is 2.65. The minimum absolute atomic E-state index is 0.302. The lowest BCUT2D eigenvalue weighted by Gasteiger charge is -2.09. The molecule has 1 aromatic rings. The second kappa shape index (κ2) is 5.35. The fourth-order valence-corrected chi connectivity index (χ4v) is 1.41. The van der Waals surface area contributed by atoms with Crippen molar-refractivity contribution in [3.63, 3.8) is 0 Å². The zero-order valence-corrected chi connectivity index (χ0v) is 9.78. The number of rotatable bonds is 4. The van der Waals surface area contributed by atoms with Crippen LogP contribution in [-0.2, 0) is 4.79 Å². The van der Waals surface area contributed by atoms with Crippen molar-refractivity contribution in [3.8, 4) is 5.75 Å². The number of aryl methyl sites for hydroxylation is 2. The average molecular weight is 220 g/mol. The molecule has 0 fully saturated rings. The summed E-state index contributed by atoms with van der Waals surface area (Å²) >= 11 is 0. The van der Waals surface area contributed by atoms with E-state index in [0.717, 1.165) is 17.4 Å². The number of carbonyl (C=O) groups is 1. The zero-order valence-electron chi connectivity index (χ0n) is 9.78. The molecule has 0 amide bonds. The molecule has 0 atom stereocenters. The normalized spacial score (nSPS) is 11.3. The van der Waals surface area contributed by atoms with E-state index in [9.17, 15) is 4.79 Å². The van der Waals surface area contributed by atoms with E-state index in [-0.39, 0.29) is 0 Å². The summed E-state index contributed by atoms with van der Waals surface area (Å²) in [6.45, 7) is 6.03. The van der Waals surface area contributed by atoms with Gasteiger partial charge in [-0.3, -0.25) is 0 Å². The summed E-state index contributed by atoms with van der Waals surface area (Å²) in [5, 5.41) is 8.54. The summed E-state index contributed by atoms with van der Waals surface area (Å²) in [4.78, 5) is 10.4. The summed E-state index contributed by atoms with van der Waals surface area (Å²) in [6.07, 6.45) is 1.16. The SMILES string of the molecule is CC(=CC(=O)O)COc1ccc(C)cc1C. The Hall–Kier alpha value is -1.77. The number of hydrogen-bond donors (Lipinski definition) is 1. The minimum Gasteiger partial charge on any atom is -0.489 e. The number of hydrogen-bond acceptors (Lipinski definition) is 2. The van der Waals surface area contributed by atoms with Gasteiger partial charge in [-0.2, -0.15) is 0 Å². The highest BCUT2D eigenvalue weighted by atomic mass is 16.5. The van der Waals surface area contributed by atoms with E-state index < -0.39 is 5.97 Å². The third-order valence-electron chi connectivity index (χ3n) is 2.16. The van der Waals surface area contributed by atoms with Crippen LogP contribution in [0.3, 0.4) is 0 Å². The summed E-state index contributed by atoms with van der Waals surface area (Å²) in [7, 11) is 0. The van der Waals surface area contributed by atoms with Gasteiger partial charge >= 0.3 is 5.97 Å². The molecule has 0 bridgehead atoms. The molecule has 1 aromatic carbocycles. The first-order valence-electron chi connectivity index (χ1n) is 5.09. The summed E-state index contributed by atoms with van der Waals surface area (Å²) < 4.78 is 5.52. The number of carboxylic acid groups (broad SMARTS) is 1. The quantitative estimate of drug-likeness (QED) is 0.793. The summed E-state index contributed by atoms with van der Waals surface area (Å²) in [5.41, 5.74) is 2.93. The third kappa shape index (κ3) is 3.77. The highest BCUT2D eigenvalue weighted by Crippen LogP contribution is 2.19. The van der Waals surface area contributed by atoms with E-state index in [1.165, 1.54) is 5.56 Å². The van der Waals surface area contributed by atoms with Crippen molar-refractivity contribution >= 4 is 5.97 Å². The van der Waals surface area contributed by atoms with E-state index in [4.69, 9.17) is 9.84 Å². The first-order valence-corrected chi connectivity index (χ1v) is 5.09. The molecule has 86 valence electrons. The number of benzene rings is 1. The second-order valence-corrected chi connectivity index (χ2v) is 3.89. The molecular formula is C13H16O3. The van der Waals surface area contributed by atoms with Gasteiger partial charge in [-0.1, -0.05) is 17.7 Å². The number of ether oxygens (including phenoxy) is 1. The number of carboxylic acids is 1. The van der Waals surface area contributed by atoms with Gasteiger partial charge in [0.25, 0.3) is 0 Å². The number of aliphatic carboxylic acids is 1. The summed E-state index contributed by atoms with van der Waals surface area (Å²) in [5.74, 6) is -0.148. The maximum atomic E-state index is 10.4. The van der Waals surface area contributed by atoms with Crippen LogP contribution in [0.15, 0.2) is 29.8 Å². The van der Waals surface area contributed by atoms with E-state index in [1.807, 2.05) is 32.0 Å². The largest absolute Gasteiger partial charge is 0.489 e. The Morgan fingerprint density at radius 2 is 2.12 bits per heavy atom. The summed E-state index contributed by atoms with van der Waals surface area (Å²) in [6, 6.07) is 5.91. The average Bonchev–Trinajstić information content (AvgIpc) is 2.15. The maximum Gasteiger partial charge on any atom is 0.328 e. The van der Waals surface area contributed by atoms with Gasteiger partial charge in [-0.25, -0.2) is 4.79 Å². The van der Waals surface area contributed by atoms with Crippen LogP contribution in [0, 0.1) is 13.8 Å². The van der Waals surface area contributed by atoms with Crippen molar-refractivity contribution in [1.29, 1.82) is 0 Å². The van der Waals surface area contributed by atoms with E-state index >= 15 is 0 Å². The molecule has 0 unspecified atom stereocenters. The lowest BCUT2D eigenvalue weighted by Crippen LogP contribution is -2.02. The topological polar surface area (TPSA) is 46.5 Å². The Bertz CT molecular complexity index is 419. The molecule has 0 spiro atoms. The van der Waals surface area contributed by atoms with E-state index in [0.29, 0.717) is 12.2 Å². The molecule has 1 rings (SSSR count). The fourth-order valence-electron chi connectivity index (χ4n) is 1.41. The van der Waals surface area contributed by atoms with Crippen LogP contribution in [0.25, 0.3) is 0 Å². The van der Waals surface area contributed by atoms with Gasteiger partial charge in [-0.15, -0.1) is 0 Å². The van der Waals surface area contributed by atoms with Gasteiger partial charge in [0.1, 0.15) is 12.4 Å². The van der Waals surface area contributed by atoms with Gasteiger partial charge in [0, 0.05) is 6.08 Å². The van der Waals surface area contributed by atoms with Gasteiger partial charge < -0.3 is 9.84 Å². The van der Waals surface area contributed by atoms with Crippen molar-refractivity contribution in [2.45, 2.75) is 20.8 Å². The molecule has 0 aliphatic carbocycles. The highest BCUT2D eigenvalue weighted by Gasteiger charge is 2.00. The van der Waals surface area contributed by atoms with Crippen molar-refractivity contribution in [1.82, 2.24) is 0 Å². The molecule has 0 heterocycles. The fraction of sp³-hybridized carbons (Fsp3) is 0.308. The van der Waals surface area contributed by atoms with Crippen molar-refractivity contribution in [2.24, 2.45) is 0 Å². The predicted octanol–water partition coefficient (Wildman–Crippen LogP) is 2.71. The maximum absolute atomic E-state index is 10.4. The first kappa shape index (κ1) is 12.3. The molecule has 0 radical (unpaired) electrons. The Labute approximate surface area is 95.4 Å². The van der Waals surface area contributed by atoms with Crippen LogP contribution in [0.1, 0.15) is 18.1 Å². The Morgan fingerprint density at radius 3 is 2.69 bits per heavy atom. The molecular weight excluding hydrogens is 204 g/mol. The predicted molar refractivity (Wildman–Crippen MR) is 62.8 cm³/mol. The second-order valence-electron chi connectivity index (χ2n) is 3.89. The van der Waals surface area contributed by atoms with Crippen molar-refractivity contribution in [3.05, 3.63) is 41.0 Å². The monoisotopic (exact) mass is 220 g/mol. The minimum atomic E-state index is -0.943. The molecule has 0 saturated carbocycles. The molecule has 0 aromatic heterocycles. The van der Waals surface area contributed by atoms with Crippen molar-refractivity contribution in [2.75, 3.05) is 6.61 Å². The van der Waals surface area contributed by atoms with Gasteiger partial charge in [0.15, 0.2) is 0 Å². The van der Waals surface area contributed by atoms with Crippen molar-refractivity contribution < 1.29 is 14.6 Å². The third-order valence-corrected chi connectivity index (χ3v) is 2.16. The molecule has 0 aliphatic rings. The van der Waals surface area contributed by atoms with Crippen LogP contribution in [-0.4, -0.2) is 17.7 Å². The Kier molecular flexibility index (Phi) is 4.11. The van der Waals surface area contributed by atoms with Gasteiger partial charge in [0.2, 0.25) is 0 Å². The van der Waals surface area contributed by atoms with Crippen LogP contribution in [0.4, 0.5) is 0 Å². The molecule has 1 N–H and O–H groups in total. The molecule has 3 heteroatoms. The lowest BCUT2D eigenvalue weighted by molar-refractivity contribution is -0.131. The van der Waals surface area contributed by atoms with Gasteiger partial charge in [0.05, 0.1) is 0 Å². The molecule has 0 aliphatic heterocycles. The van der Waals surface area contributed by atoms with E-state index in [1.54, 1.807) is 6.92 Å². The standard InChI is InChI=1S/C13H16O3/c1-9-4-5-12(11(3)6-9)16-8-10(2)7-13(14)15/h4-7H,8H2,1-3H3,(H,14,15). The molecule has 3 nitrogen and oxygen atoms in total. The first-order chi connectivity index (χ1) is 7.49. The van der Waals surface area contributed by atoms with Crippen LogP contribution >= 0.6 is 0 Å². The Morgan fingerprint density at radius 1 is 1.44 bits per heavy atom. The van der Waals surface area contributed by atoms with Crippen LogP contribution < -0.4 is 4.74 Å². The van der Waals surface area contributed by atoms with Crippen LogP contribution in [0.2, 0.25) is 0 Å².